The number of benzene rings is 1. The summed E-state index contributed by atoms with van der Waals surface area (Å²) in [6, 6.07) is 6.10. The quantitative estimate of drug-likeness (QED) is 0.739. The summed E-state index contributed by atoms with van der Waals surface area (Å²) in [7, 11) is 0. The molecule has 7 heteroatoms. The summed E-state index contributed by atoms with van der Waals surface area (Å²) in [5.41, 5.74) is 9.42. The molecular formula is C17H16N6O. The number of nitrogens with two attached hydrogens (primary N) is 1. The Morgan fingerprint density at radius 1 is 1.12 bits per heavy atom. The second-order valence-electron chi connectivity index (χ2n) is 5.46. The summed E-state index contributed by atoms with van der Waals surface area (Å²) >= 11 is 0. The highest BCUT2D eigenvalue weighted by Gasteiger charge is 2.11. The first-order chi connectivity index (χ1) is 11.5. The van der Waals surface area contributed by atoms with Gasteiger partial charge in [0.2, 0.25) is 0 Å². The van der Waals surface area contributed by atoms with Gasteiger partial charge in [0.05, 0.1) is 5.57 Å². The Kier molecular flexibility index (Phi) is 4.15. The van der Waals surface area contributed by atoms with E-state index in [0.717, 1.165) is 16.7 Å². The molecule has 7 nitrogen and oxygen atoms in total. The van der Waals surface area contributed by atoms with Gasteiger partial charge in [-0.15, -0.1) is 5.10 Å². The number of aryl methyl sites for hydroxylation is 2. The second-order valence-corrected chi connectivity index (χ2v) is 5.46. The van der Waals surface area contributed by atoms with Crippen molar-refractivity contribution in [1.82, 2.24) is 24.7 Å². The number of aromatic nitrogens is 5. The maximum atomic E-state index is 11.7. The molecule has 2 heterocycles. The second kappa shape index (κ2) is 6.41. The molecule has 1 aromatic carbocycles. The Morgan fingerprint density at radius 3 is 2.42 bits per heavy atom. The first-order valence-corrected chi connectivity index (χ1v) is 7.30. The lowest BCUT2D eigenvalue weighted by Gasteiger charge is -2.02. The van der Waals surface area contributed by atoms with Crippen molar-refractivity contribution in [2.24, 2.45) is 5.73 Å². The van der Waals surface area contributed by atoms with Gasteiger partial charge in [-0.3, -0.25) is 4.79 Å². The largest absolute Gasteiger partial charge is 0.366 e. The molecule has 0 aliphatic rings. The molecular weight excluding hydrogens is 304 g/mol. The van der Waals surface area contributed by atoms with Gasteiger partial charge in [-0.1, -0.05) is 17.2 Å². The van der Waals surface area contributed by atoms with E-state index in [2.05, 4.69) is 26.1 Å². The highest BCUT2D eigenvalue weighted by Crippen LogP contribution is 2.19. The van der Waals surface area contributed by atoms with E-state index < -0.39 is 5.91 Å². The molecule has 0 aliphatic carbocycles. The van der Waals surface area contributed by atoms with Gasteiger partial charge < -0.3 is 5.73 Å². The van der Waals surface area contributed by atoms with E-state index in [9.17, 15) is 4.79 Å². The number of rotatable bonds is 4. The third-order valence-electron chi connectivity index (χ3n) is 3.39. The summed E-state index contributed by atoms with van der Waals surface area (Å²) in [6.07, 6.45) is 7.46. The molecule has 0 bridgehead atoms. The van der Waals surface area contributed by atoms with Gasteiger partial charge in [0.15, 0.2) is 5.82 Å². The molecule has 0 fully saturated rings. The van der Waals surface area contributed by atoms with Crippen LogP contribution in [0.5, 0.6) is 0 Å². The topological polar surface area (TPSA) is 99.6 Å². The van der Waals surface area contributed by atoms with Crippen LogP contribution in [0.4, 0.5) is 0 Å². The fourth-order valence-corrected chi connectivity index (χ4v) is 2.42. The Bertz CT molecular complexity index is 894. The minimum Gasteiger partial charge on any atom is -0.366 e. The summed E-state index contributed by atoms with van der Waals surface area (Å²) in [6.45, 7) is 4.04. The SMILES string of the molecule is Cc1cc(C)cc(-c2ncn(C=C(C(N)=O)c3cncnc3)n2)c1. The molecule has 2 N–H and O–H groups in total. The molecule has 3 rings (SSSR count). The van der Waals surface area contributed by atoms with Crippen LogP contribution in [-0.4, -0.2) is 30.6 Å². The van der Waals surface area contributed by atoms with E-state index in [4.69, 9.17) is 5.73 Å². The molecule has 0 spiro atoms. The molecule has 0 unspecified atom stereocenters. The lowest BCUT2D eigenvalue weighted by molar-refractivity contribution is -0.112. The first kappa shape index (κ1) is 15.5. The van der Waals surface area contributed by atoms with Crippen LogP contribution in [0, 0.1) is 13.8 Å². The van der Waals surface area contributed by atoms with Crippen molar-refractivity contribution < 1.29 is 4.79 Å². The number of carbonyl (C=O) groups excluding carboxylic acids is 1. The number of hydrogen-bond acceptors (Lipinski definition) is 5. The van der Waals surface area contributed by atoms with E-state index in [0.29, 0.717) is 11.4 Å². The molecule has 2 aromatic heterocycles. The van der Waals surface area contributed by atoms with Gasteiger partial charge in [0.25, 0.3) is 5.91 Å². The Morgan fingerprint density at radius 2 is 1.79 bits per heavy atom. The molecule has 0 atom stereocenters. The third kappa shape index (κ3) is 3.35. The van der Waals surface area contributed by atoms with Crippen molar-refractivity contribution in [1.29, 1.82) is 0 Å². The highest BCUT2D eigenvalue weighted by atomic mass is 16.1. The van der Waals surface area contributed by atoms with E-state index >= 15 is 0 Å². The summed E-state index contributed by atoms with van der Waals surface area (Å²) in [5, 5.41) is 4.39. The predicted molar refractivity (Wildman–Crippen MR) is 90.3 cm³/mol. The van der Waals surface area contributed by atoms with Crippen LogP contribution >= 0.6 is 0 Å². The lowest BCUT2D eigenvalue weighted by atomic mass is 10.1. The molecule has 0 saturated carbocycles. The molecule has 0 radical (unpaired) electrons. The van der Waals surface area contributed by atoms with Crippen molar-refractivity contribution in [2.75, 3.05) is 0 Å². The predicted octanol–water partition coefficient (Wildman–Crippen LogP) is 1.84. The first-order valence-electron chi connectivity index (χ1n) is 7.30. The maximum absolute atomic E-state index is 11.7. The summed E-state index contributed by atoms with van der Waals surface area (Å²) in [4.78, 5) is 23.8. The van der Waals surface area contributed by atoms with Crippen molar-refractivity contribution >= 4 is 17.7 Å². The van der Waals surface area contributed by atoms with Crippen molar-refractivity contribution in [3.05, 3.63) is 59.9 Å². The smallest absolute Gasteiger partial charge is 0.250 e. The van der Waals surface area contributed by atoms with Crippen molar-refractivity contribution in [2.45, 2.75) is 13.8 Å². The Labute approximate surface area is 138 Å². The summed E-state index contributed by atoms with van der Waals surface area (Å²) in [5.74, 6) is -0.0144. The zero-order chi connectivity index (χ0) is 17.1. The number of amides is 1. The molecule has 0 aliphatic heterocycles. The molecule has 24 heavy (non-hydrogen) atoms. The zero-order valence-electron chi connectivity index (χ0n) is 13.3. The monoisotopic (exact) mass is 320 g/mol. The zero-order valence-corrected chi connectivity index (χ0v) is 13.3. The van der Waals surface area contributed by atoms with Gasteiger partial charge in [-0.2, -0.15) is 0 Å². The molecule has 1 amide bonds. The maximum Gasteiger partial charge on any atom is 0.250 e. The number of carbonyl (C=O) groups is 1. The molecule has 3 aromatic rings. The number of nitrogens with zero attached hydrogens (tertiary/aromatic N) is 5. The van der Waals surface area contributed by atoms with E-state index in [-0.39, 0.29) is 5.57 Å². The minimum absolute atomic E-state index is 0.257. The standard InChI is InChI=1S/C17H16N6O/c1-11-3-12(2)5-13(4-11)17-21-10-23(22-17)8-15(16(18)24)14-6-19-9-20-7-14/h3-10H,1-2H3,(H2,18,24). The Balaban J connectivity index is 1.99. The van der Waals surface area contributed by atoms with Crippen LogP contribution in [0.25, 0.3) is 23.2 Å². The van der Waals surface area contributed by atoms with E-state index in [1.165, 1.54) is 35.9 Å². The summed E-state index contributed by atoms with van der Waals surface area (Å²) < 4.78 is 1.46. The average molecular weight is 320 g/mol. The van der Waals surface area contributed by atoms with Crippen molar-refractivity contribution in [3.8, 4) is 11.4 Å². The van der Waals surface area contributed by atoms with E-state index in [1.807, 2.05) is 26.0 Å². The van der Waals surface area contributed by atoms with Gasteiger partial charge in [0.1, 0.15) is 12.7 Å². The van der Waals surface area contributed by atoms with Gasteiger partial charge in [0, 0.05) is 29.7 Å². The fraction of sp³-hybridized carbons (Fsp3) is 0.118. The van der Waals surface area contributed by atoms with E-state index in [1.54, 1.807) is 0 Å². The van der Waals surface area contributed by atoms with Crippen LogP contribution in [0.2, 0.25) is 0 Å². The van der Waals surface area contributed by atoms with Gasteiger partial charge in [-0.05, 0) is 26.0 Å². The third-order valence-corrected chi connectivity index (χ3v) is 3.39. The fourth-order valence-electron chi connectivity index (χ4n) is 2.42. The number of primary amides is 1. The number of hydrogen-bond donors (Lipinski definition) is 1. The van der Waals surface area contributed by atoms with Gasteiger partial charge in [-0.25, -0.2) is 19.6 Å². The van der Waals surface area contributed by atoms with Crippen LogP contribution in [0.1, 0.15) is 16.7 Å². The van der Waals surface area contributed by atoms with Crippen LogP contribution in [0.15, 0.2) is 43.2 Å². The van der Waals surface area contributed by atoms with Crippen LogP contribution in [0.3, 0.4) is 0 Å². The molecule has 120 valence electrons. The highest BCUT2D eigenvalue weighted by molar-refractivity contribution is 6.22. The normalized spacial score (nSPS) is 11.5. The minimum atomic E-state index is -0.590. The van der Waals surface area contributed by atoms with Crippen molar-refractivity contribution in [3.63, 3.8) is 0 Å². The lowest BCUT2D eigenvalue weighted by Crippen LogP contribution is -2.14. The van der Waals surface area contributed by atoms with Gasteiger partial charge >= 0.3 is 0 Å². The van der Waals surface area contributed by atoms with Crippen LogP contribution in [-0.2, 0) is 4.79 Å². The Hall–Kier alpha value is -3.35. The van der Waals surface area contributed by atoms with Crippen LogP contribution < -0.4 is 5.73 Å². The average Bonchev–Trinajstić information content (AvgIpc) is 3.01. The molecule has 0 saturated heterocycles.